The normalized spacial score (nSPS) is 10.3. The average molecular weight is 332 g/mol. The molecule has 0 saturated heterocycles. The van der Waals surface area contributed by atoms with E-state index in [0.717, 1.165) is 16.9 Å². The second kappa shape index (κ2) is 8.06. The molecule has 2 heterocycles. The summed E-state index contributed by atoms with van der Waals surface area (Å²) in [5.41, 5.74) is 3.21. The highest BCUT2D eigenvalue weighted by Gasteiger charge is 2.17. The lowest BCUT2D eigenvalue weighted by atomic mass is 10.2. The molecule has 0 fully saturated rings. The predicted octanol–water partition coefficient (Wildman–Crippen LogP) is 3.76. The fourth-order valence-electron chi connectivity index (χ4n) is 2.55. The van der Waals surface area contributed by atoms with E-state index in [1.165, 1.54) is 0 Å². The van der Waals surface area contributed by atoms with Crippen molar-refractivity contribution in [3.05, 3.63) is 84.4 Å². The lowest BCUT2D eigenvalue weighted by molar-refractivity contribution is 0.0983. The minimum Gasteiger partial charge on any atom is -0.381 e. The van der Waals surface area contributed by atoms with Crippen LogP contribution in [0, 0.1) is 0 Å². The van der Waals surface area contributed by atoms with Gasteiger partial charge in [0, 0.05) is 43.1 Å². The largest absolute Gasteiger partial charge is 0.381 e. The number of rotatable bonds is 6. The van der Waals surface area contributed by atoms with Gasteiger partial charge in [-0.1, -0.05) is 24.3 Å². The van der Waals surface area contributed by atoms with Gasteiger partial charge in [-0.05, 0) is 42.8 Å². The fourth-order valence-corrected chi connectivity index (χ4v) is 2.55. The Kier molecular flexibility index (Phi) is 5.36. The van der Waals surface area contributed by atoms with E-state index in [0.29, 0.717) is 18.8 Å². The SMILES string of the molecule is CCN(C(=O)c1cc(NCc2cccnc2)ccn1)c1ccccc1. The summed E-state index contributed by atoms with van der Waals surface area (Å²) >= 11 is 0. The number of carbonyl (C=O) groups excluding carboxylic acids is 1. The predicted molar refractivity (Wildman–Crippen MR) is 99.6 cm³/mol. The van der Waals surface area contributed by atoms with E-state index < -0.39 is 0 Å². The van der Waals surface area contributed by atoms with Crippen LogP contribution in [0.4, 0.5) is 11.4 Å². The van der Waals surface area contributed by atoms with Gasteiger partial charge in [-0.15, -0.1) is 0 Å². The van der Waals surface area contributed by atoms with E-state index in [1.807, 2.05) is 61.7 Å². The lowest BCUT2D eigenvalue weighted by Gasteiger charge is -2.20. The van der Waals surface area contributed by atoms with E-state index in [-0.39, 0.29) is 5.91 Å². The van der Waals surface area contributed by atoms with Crippen molar-refractivity contribution >= 4 is 17.3 Å². The highest BCUT2D eigenvalue weighted by atomic mass is 16.2. The van der Waals surface area contributed by atoms with Crippen molar-refractivity contribution in [1.29, 1.82) is 0 Å². The van der Waals surface area contributed by atoms with Crippen LogP contribution < -0.4 is 10.2 Å². The van der Waals surface area contributed by atoms with Crippen LogP contribution in [0.2, 0.25) is 0 Å². The van der Waals surface area contributed by atoms with E-state index in [4.69, 9.17) is 0 Å². The molecule has 2 aromatic heterocycles. The number of pyridine rings is 2. The highest BCUT2D eigenvalue weighted by molar-refractivity contribution is 6.05. The first-order valence-corrected chi connectivity index (χ1v) is 8.23. The topological polar surface area (TPSA) is 58.1 Å². The quantitative estimate of drug-likeness (QED) is 0.747. The lowest BCUT2D eigenvalue weighted by Crippen LogP contribution is -2.31. The second-order valence-electron chi connectivity index (χ2n) is 5.53. The molecule has 3 aromatic rings. The van der Waals surface area contributed by atoms with Gasteiger partial charge in [-0.3, -0.25) is 14.8 Å². The molecule has 0 bridgehead atoms. The number of hydrogen-bond donors (Lipinski definition) is 1. The molecule has 5 heteroatoms. The van der Waals surface area contributed by atoms with Crippen molar-refractivity contribution in [3.8, 4) is 0 Å². The molecule has 1 amide bonds. The van der Waals surface area contributed by atoms with Crippen LogP contribution in [0.5, 0.6) is 0 Å². The molecule has 0 radical (unpaired) electrons. The second-order valence-corrected chi connectivity index (χ2v) is 5.53. The van der Waals surface area contributed by atoms with Crippen molar-refractivity contribution in [1.82, 2.24) is 9.97 Å². The summed E-state index contributed by atoms with van der Waals surface area (Å²) in [5, 5.41) is 3.30. The van der Waals surface area contributed by atoms with Crippen LogP contribution in [0.3, 0.4) is 0 Å². The molecule has 0 spiro atoms. The molecule has 0 aliphatic rings. The van der Waals surface area contributed by atoms with Crippen LogP contribution in [0.15, 0.2) is 73.2 Å². The maximum atomic E-state index is 12.8. The van der Waals surface area contributed by atoms with Gasteiger partial charge in [0.2, 0.25) is 0 Å². The Morgan fingerprint density at radius 1 is 1.08 bits per heavy atom. The van der Waals surface area contributed by atoms with Crippen LogP contribution in [-0.4, -0.2) is 22.4 Å². The molecule has 126 valence electrons. The third kappa shape index (κ3) is 4.20. The maximum absolute atomic E-state index is 12.8. The van der Waals surface area contributed by atoms with Gasteiger partial charge < -0.3 is 10.2 Å². The zero-order valence-corrected chi connectivity index (χ0v) is 14.1. The Morgan fingerprint density at radius 2 is 1.92 bits per heavy atom. The van der Waals surface area contributed by atoms with Gasteiger partial charge >= 0.3 is 0 Å². The first kappa shape index (κ1) is 16.6. The summed E-state index contributed by atoms with van der Waals surface area (Å²) in [4.78, 5) is 22.9. The molecular weight excluding hydrogens is 312 g/mol. The van der Waals surface area contributed by atoms with Crippen molar-refractivity contribution in [3.63, 3.8) is 0 Å². The molecule has 0 aliphatic carbocycles. The smallest absolute Gasteiger partial charge is 0.276 e. The number of nitrogens with zero attached hydrogens (tertiary/aromatic N) is 3. The number of nitrogens with one attached hydrogen (secondary N) is 1. The van der Waals surface area contributed by atoms with Crippen LogP contribution in [0.1, 0.15) is 23.0 Å². The molecule has 0 atom stereocenters. The number of hydrogen-bond acceptors (Lipinski definition) is 4. The number of benzene rings is 1. The number of carbonyl (C=O) groups is 1. The first-order chi connectivity index (χ1) is 12.3. The molecular formula is C20H20N4O. The first-order valence-electron chi connectivity index (χ1n) is 8.23. The van der Waals surface area contributed by atoms with Crippen molar-refractivity contribution < 1.29 is 4.79 Å². The Labute approximate surface area is 147 Å². The summed E-state index contributed by atoms with van der Waals surface area (Å²) in [6.45, 7) is 3.18. The molecule has 0 unspecified atom stereocenters. The molecule has 1 N–H and O–H groups in total. The Bertz CT molecular complexity index is 821. The molecule has 0 saturated carbocycles. The Morgan fingerprint density at radius 3 is 2.64 bits per heavy atom. The van der Waals surface area contributed by atoms with Gasteiger partial charge in [0.15, 0.2) is 0 Å². The minimum absolute atomic E-state index is 0.112. The molecule has 1 aromatic carbocycles. The molecule has 0 aliphatic heterocycles. The maximum Gasteiger partial charge on any atom is 0.276 e. The van der Waals surface area contributed by atoms with Crippen molar-refractivity contribution in [2.75, 3.05) is 16.8 Å². The number of amides is 1. The number of anilines is 2. The van der Waals surface area contributed by atoms with Crippen LogP contribution >= 0.6 is 0 Å². The van der Waals surface area contributed by atoms with E-state index >= 15 is 0 Å². The zero-order chi connectivity index (χ0) is 17.5. The Balaban J connectivity index is 1.75. The summed E-state index contributed by atoms with van der Waals surface area (Å²) in [5.74, 6) is -0.112. The van der Waals surface area contributed by atoms with Crippen LogP contribution in [0.25, 0.3) is 0 Å². The van der Waals surface area contributed by atoms with Gasteiger partial charge in [-0.25, -0.2) is 0 Å². The summed E-state index contributed by atoms with van der Waals surface area (Å²) in [7, 11) is 0. The third-order valence-corrected chi connectivity index (χ3v) is 3.83. The van der Waals surface area contributed by atoms with E-state index in [1.54, 1.807) is 23.4 Å². The third-order valence-electron chi connectivity index (χ3n) is 3.83. The molecule has 5 nitrogen and oxygen atoms in total. The number of para-hydroxylation sites is 1. The monoisotopic (exact) mass is 332 g/mol. The number of aromatic nitrogens is 2. The average Bonchev–Trinajstić information content (AvgIpc) is 2.69. The van der Waals surface area contributed by atoms with Crippen molar-refractivity contribution in [2.45, 2.75) is 13.5 Å². The summed E-state index contributed by atoms with van der Waals surface area (Å²) in [6, 6.07) is 17.2. The fraction of sp³-hybridized carbons (Fsp3) is 0.150. The summed E-state index contributed by atoms with van der Waals surface area (Å²) in [6.07, 6.45) is 5.21. The summed E-state index contributed by atoms with van der Waals surface area (Å²) < 4.78 is 0. The van der Waals surface area contributed by atoms with E-state index in [2.05, 4.69) is 15.3 Å². The molecule has 3 rings (SSSR count). The minimum atomic E-state index is -0.112. The van der Waals surface area contributed by atoms with Gasteiger partial charge in [0.05, 0.1) is 0 Å². The van der Waals surface area contributed by atoms with Crippen LogP contribution in [-0.2, 0) is 6.54 Å². The van der Waals surface area contributed by atoms with Gasteiger partial charge in [0.1, 0.15) is 5.69 Å². The molecule has 25 heavy (non-hydrogen) atoms. The zero-order valence-electron chi connectivity index (χ0n) is 14.1. The van der Waals surface area contributed by atoms with E-state index in [9.17, 15) is 4.79 Å². The van der Waals surface area contributed by atoms with Gasteiger partial charge in [0.25, 0.3) is 5.91 Å². The standard InChI is InChI=1S/C20H20N4O/c1-2-24(18-8-4-3-5-9-18)20(25)19-13-17(10-12-22-19)23-15-16-7-6-11-21-14-16/h3-14H,2,15H2,1H3,(H,22,23). The Hall–Kier alpha value is -3.21. The highest BCUT2D eigenvalue weighted by Crippen LogP contribution is 2.17. The van der Waals surface area contributed by atoms with Crippen molar-refractivity contribution in [2.24, 2.45) is 0 Å². The van der Waals surface area contributed by atoms with Gasteiger partial charge in [-0.2, -0.15) is 0 Å².